The molecule has 1 fully saturated rings. The number of allylic oxidation sites excluding steroid dienone is 8. The number of rotatable bonds is 14. The molecule has 0 amide bonds. The SMILES string of the molecule is O=COCSC1=C(/C=C/c2cc(-c3ccccc3)[s+]c(-c3ccc(S(=O)(=O)O)cc3)c2)C2CCC(C2)/C1=C\C=C1C=C(c2ccc(S(=O)(=O)O)cc2)SC(c2ccc(S(=O)(=O)O)cc2)=C1.O=S(=O)=O. The van der Waals surface area contributed by atoms with Crippen molar-refractivity contribution in [1.82, 2.24) is 0 Å². The molecule has 14 nitrogen and oxygen atoms in total. The van der Waals surface area contributed by atoms with Crippen LogP contribution in [0.15, 0.2) is 182 Å². The van der Waals surface area contributed by atoms with E-state index < -0.39 is 41.0 Å². The van der Waals surface area contributed by atoms with E-state index in [4.69, 9.17) is 17.4 Å². The second-order valence-corrected chi connectivity index (χ2v) is 23.2. The first-order valence-corrected chi connectivity index (χ1v) is 28.4. The molecule has 2 heterocycles. The van der Waals surface area contributed by atoms with Gasteiger partial charge in [-0.25, -0.2) is 0 Å². The number of thioether (sulfide) groups is 2. The third kappa shape index (κ3) is 13.4. The zero-order chi connectivity index (χ0) is 49.5. The maximum atomic E-state index is 11.8. The molecule has 2 bridgehead atoms. The Kier molecular flexibility index (Phi) is 16.4. The molecular weight excluding hydrogens is 1020 g/mol. The summed E-state index contributed by atoms with van der Waals surface area (Å²) in [5, 5.41) is 0. The van der Waals surface area contributed by atoms with E-state index in [1.807, 2.05) is 54.6 Å². The van der Waals surface area contributed by atoms with Gasteiger partial charge in [0.15, 0.2) is 0 Å². The van der Waals surface area contributed by atoms with Gasteiger partial charge < -0.3 is 4.74 Å². The first kappa shape index (κ1) is 51.3. The molecule has 0 radical (unpaired) electrons. The van der Waals surface area contributed by atoms with Crippen LogP contribution in [0.25, 0.3) is 36.8 Å². The summed E-state index contributed by atoms with van der Waals surface area (Å²) in [6.45, 7) is 0.426. The van der Waals surface area contributed by atoms with Crippen LogP contribution < -0.4 is 0 Å². The molecule has 0 saturated heterocycles. The molecule has 4 aromatic carbocycles. The highest BCUT2D eigenvalue weighted by Crippen LogP contribution is 2.52. The second-order valence-electron chi connectivity index (χ2n) is 15.4. The summed E-state index contributed by atoms with van der Waals surface area (Å²) in [6.07, 6.45) is 15.0. The molecule has 2 aliphatic carbocycles. The Hall–Kier alpha value is -5.59. The normalized spacial score (nSPS) is 17.7. The van der Waals surface area contributed by atoms with Gasteiger partial charge >= 0.3 is 10.6 Å². The Balaban J connectivity index is 0.00000169. The fourth-order valence-electron chi connectivity index (χ4n) is 7.95. The molecule has 3 aliphatic rings. The first-order valence-electron chi connectivity index (χ1n) is 20.4. The van der Waals surface area contributed by atoms with Crippen molar-refractivity contribution in [3.8, 4) is 20.9 Å². The Morgan fingerprint density at radius 2 is 1.10 bits per heavy atom. The maximum Gasteiger partial charge on any atom is 0.425 e. The monoisotopic (exact) mass is 1060 g/mol. The van der Waals surface area contributed by atoms with Crippen LogP contribution in [0.3, 0.4) is 0 Å². The highest BCUT2D eigenvalue weighted by molar-refractivity contribution is 8.16. The summed E-state index contributed by atoms with van der Waals surface area (Å²) < 4.78 is 130. The lowest BCUT2D eigenvalue weighted by atomic mass is 9.84. The van der Waals surface area contributed by atoms with Gasteiger partial charge in [0.1, 0.15) is 5.94 Å². The summed E-state index contributed by atoms with van der Waals surface area (Å²) >= 11 is 4.40. The van der Waals surface area contributed by atoms with Gasteiger partial charge in [0.2, 0.25) is 21.1 Å². The molecule has 2 atom stereocenters. The number of carbonyl (C=O) groups excluding carboxylic acids is 1. The zero-order valence-electron chi connectivity index (χ0n) is 35.7. The van der Waals surface area contributed by atoms with Crippen molar-refractivity contribution in [2.75, 3.05) is 5.94 Å². The smallest absolute Gasteiger partial charge is 0.425 e. The topological polar surface area (TPSA) is 241 Å². The molecule has 5 aromatic rings. The highest BCUT2D eigenvalue weighted by Gasteiger charge is 2.37. The van der Waals surface area contributed by atoms with E-state index in [1.165, 1.54) is 59.9 Å². The molecule has 356 valence electrons. The van der Waals surface area contributed by atoms with Crippen LogP contribution in [0.2, 0.25) is 0 Å². The largest absolute Gasteiger partial charge is 0.456 e. The van der Waals surface area contributed by atoms with Crippen LogP contribution in [0, 0.1) is 11.8 Å². The zero-order valence-corrected chi connectivity index (χ0v) is 41.4. The van der Waals surface area contributed by atoms with E-state index in [-0.39, 0.29) is 32.5 Å². The van der Waals surface area contributed by atoms with E-state index in [0.717, 1.165) is 77.1 Å². The van der Waals surface area contributed by atoms with Gasteiger partial charge in [-0.2, -0.15) is 25.3 Å². The molecule has 3 N–H and O–H groups in total. The number of benzene rings is 4. The summed E-state index contributed by atoms with van der Waals surface area (Å²) in [6, 6.07) is 31.9. The molecular formula is C48H39O14S7+. The van der Waals surface area contributed by atoms with Crippen molar-refractivity contribution in [3.63, 3.8) is 0 Å². The summed E-state index contributed by atoms with van der Waals surface area (Å²) in [4.78, 5) is 15.1. The Morgan fingerprint density at radius 1 is 0.638 bits per heavy atom. The van der Waals surface area contributed by atoms with Crippen molar-refractivity contribution in [2.45, 2.75) is 33.9 Å². The van der Waals surface area contributed by atoms with E-state index in [2.05, 4.69) is 24.3 Å². The lowest BCUT2D eigenvalue weighted by Gasteiger charge is -2.27. The number of hydrogen-bond acceptors (Lipinski definition) is 13. The van der Waals surface area contributed by atoms with Crippen molar-refractivity contribution < 1.29 is 61.1 Å². The molecule has 1 aliphatic heterocycles. The van der Waals surface area contributed by atoms with Gasteiger partial charge in [0.25, 0.3) is 36.8 Å². The molecule has 0 spiro atoms. The summed E-state index contributed by atoms with van der Waals surface area (Å²) in [5.74, 6) is 0.592. The van der Waals surface area contributed by atoms with Crippen molar-refractivity contribution in [2.24, 2.45) is 11.8 Å². The number of fused-ring (bicyclic) bond motifs is 2. The Labute approximate surface area is 412 Å². The first-order chi connectivity index (χ1) is 32.8. The second kappa shape index (κ2) is 22.0. The molecule has 8 rings (SSSR count). The highest BCUT2D eigenvalue weighted by atomic mass is 32.2. The van der Waals surface area contributed by atoms with Crippen LogP contribution in [-0.2, 0) is 50.5 Å². The van der Waals surface area contributed by atoms with Gasteiger partial charge in [0.05, 0.1) is 14.7 Å². The van der Waals surface area contributed by atoms with Crippen molar-refractivity contribution in [3.05, 3.63) is 184 Å². The molecule has 1 saturated carbocycles. The molecule has 21 heteroatoms. The maximum absolute atomic E-state index is 11.8. The standard InChI is InChI=1S/C48H38O11S6.O3S/c49-29-59-30-60-48-42(22-6-31-24-44(33-4-2-1-3-5-33)61-45(25-31)34-10-16-39(17-11-34)63(50,51)52)37-8-9-38(28-37)43(48)23-7-32-26-46(35-12-18-40(19-13-35)64(53,54)55)62-47(27-32)36-14-20-41(21-15-36)65(56,57)58;1-4(2)3/h1-7,10-27,29,37-38H,8-9,28,30H2,(H2-,50,51,52,53,54,55,56,57,58);/p+1. The quantitative estimate of drug-likeness (QED) is 0.0308. The van der Waals surface area contributed by atoms with Gasteiger partial charge in [-0.3, -0.25) is 18.5 Å². The average molecular weight is 1060 g/mol. The van der Waals surface area contributed by atoms with Crippen LogP contribution in [0.1, 0.15) is 36.0 Å². The lowest BCUT2D eigenvalue weighted by Crippen LogP contribution is -2.13. The minimum atomic E-state index is -4.42. The summed E-state index contributed by atoms with van der Waals surface area (Å²) in [5.41, 5.74) is 7.07. The van der Waals surface area contributed by atoms with Gasteiger partial charge in [-0.1, -0.05) is 90.3 Å². The Bertz CT molecular complexity index is 3340. The van der Waals surface area contributed by atoms with E-state index in [0.29, 0.717) is 17.6 Å². The van der Waals surface area contributed by atoms with E-state index in [9.17, 15) is 43.7 Å². The van der Waals surface area contributed by atoms with Crippen molar-refractivity contribution >= 4 is 98.2 Å². The number of hydrogen-bond donors (Lipinski definition) is 3. The van der Waals surface area contributed by atoms with Crippen molar-refractivity contribution in [1.29, 1.82) is 0 Å². The average Bonchev–Trinajstić information content (AvgIpc) is 3.75. The van der Waals surface area contributed by atoms with E-state index in [1.54, 1.807) is 47.7 Å². The van der Waals surface area contributed by atoms with Crippen LogP contribution in [0.5, 0.6) is 0 Å². The fourth-order valence-corrected chi connectivity index (χ4v) is 12.7. The Morgan fingerprint density at radius 3 is 1.58 bits per heavy atom. The van der Waals surface area contributed by atoms with Crippen LogP contribution in [0.4, 0.5) is 0 Å². The fraction of sp³-hybridized carbons (Fsp3) is 0.125. The summed E-state index contributed by atoms with van der Waals surface area (Å²) in [7, 11) is -16.3. The third-order valence-electron chi connectivity index (χ3n) is 11.1. The third-order valence-corrected chi connectivity index (χ3v) is 17.0. The van der Waals surface area contributed by atoms with Gasteiger partial charge in [-0.15, -0.1) is 12.6 Å². The molecule has 1 aromatic heterocycles. The van der Waals surface area contributed by atoms with Crippen LogP contribution >= 0.6 is 34.9 Å². The van der Waals surface area contributed by atoms with E-state index >= 15 is 0 Å². The van der Waals surface area contributed by atoms with Gasteiger partial charge in [-0.05, 0) is 137 Å². The number of ether oxygens (including phenoxy) is 1. The number of carbonyl (C=O) groups is 1. The van der Waals surface area contributed by atoms with Gasteiger partial charge in [0, 0.05) is 38.0 Å². The predicted molar refractivity (Wildman–Crippen MR) is 268 cm³/mol. The predicted octanol–water partition coefficient (Wildman–Crippen LogP) is 10.3. The minimum absolute atomic E-state index is 0.0995. The molecule has 2 unspecified atom stereocenters. The van der Waals surface area contributed by atoms with Crippen LogP contribution in [-0.4, -0.2) is 63.9 Å². The minimum Gasteiger partial charge on any atom is -0.456 e. The molecule has 69 heavy (non-hydrogen) atoms. The lowest BCUT2D eigenvalue weighted by molar-refractivity contribution is -0.126.